The SMILES string of the molecule is CN=C(NCC(=O)NCCOC)NCC(C)(C)Cc1cccc(Cl)c1. The number of halogens is 1. The third-order valence-electron chi connectivity index (χ3n) is 3.57. The second-order valence-corrected chi connectivity index (χ2v) is 7.03. The normalized spacial score (nSPS) is 12.0. The summed E-state index contributed by atoms with van der Waals surface area (Å²) in [6.07, 6.45) is 0.884. The number of hydrogen-bond acceptors (Lipinski definition) is 3. The number of carbonyl (C=O) groups excluding carboxylic acids is 1. The zero-order valence-electron chi connectivity index (χ0n) is 15.5. The Kier molecular flexibility index (Phi) is 9.31. The maximum Gasteiger partial charge on any atom is 0.239 e. The molecule has 3 N–H and O–H groups in total. The molecule has 0 unspecified atom stereocenters. The predicted molar refractivity (Wildman–Crippen MR) is 103 cm³/mol. The van der Waals surface area contributed by atoms with Gasteiger partial charge >= 0.3 is 0 Å². The lowest BCUT2D eigenvalue weighted by Gasteiger charge is -2.26. The van der Waals surface area contributed by atoms with E-state index in [2.05, 4.69) is 40.9 Å². The highest BCUT2D eigenvalue weighted by molar-refractivity contribution is 6.30. The minimum Gasteiger partial charge on any atom is -0.383 e. The summed E-state index contributed by atoms with van der Waals surface area (Å²) in [4.78, 5) is 15.8. The summed E-state index contributed by atoms with van der Waals surface area (Å²) >= 11 is 6.05. The third kappa shape index (κ3) is 9.31. The Balaban J connectivity index is 2.41. The van der Waals surface area contributed by atoms with Crippen LogP contribution in [0.4, 0.5) is 0 Å². The Morgan fingerprint density at radius 3 is 2.68 bits per heavy atom. The van der Waals surface area contributed by atoms with Gasteiger partial charge in [-0.05, 0) is 29.5 Å². The van der Waals surface area contributed by atoms with Crippen molar-refractivity contribution >= 4 is 23.5 Å². The van der Waals surface area contributed by atoms with Gasteiger partial charge in [0.05, 0.1) is 13.2 Å². The zero-order chi connectivity index (χ0) is 18.7. The van der Waals surface area contributed by atoms with E-state index in [4.69, 9.17) is 16.3 Å². The molecule has 0 aliphatic rings. The molecule has 140 valence electrons. The van der Waals surface area contributed by atoms with E-state index in [1.165, 1.54) is 5.56 Å². The fourth-order valence-corrected chi connectivity index (χ4v) is 2.54. The molecule has 1 amide bonds. The van der Waals surface area contributed by atoms with E-state index in [0.29, 0.717) is 25.7 Å². The molecule has 1 aromatic carbocycles. The molecule has 0 fully saturated rings. The molecule has 0 heterocycles. The number of nitrogens with one attached hydrogen (secondary N) is 3. The van der Waals surface area contributed by atoms with Gasteiger partial charge in [0.15, 0.2) is 5.96 Å². The topological polar surface area (TPSA) is 74.8 Å². The van der Waals surface area contributed by atoms with Crippen LogP contribution in [0.25, 0.3) is 0 Å². The van der Waals surface area contributed by atoms with Crippen LogP contribution in [0, 0.1) is 5.41 Å². The zero-order valence-corrected chi connectivity index (χ0v) is 16.2. The lowest BCUT2D eigenvalue weighted by atomic mass is 9.86. The number of nitrogens with zero attached hydrogens (tertiary/aromatic N) is 1. The van der Waals surface area contributed by atoms with E-state index in [9.17, 15) is 4.79 Å². The van der Waals surface area contributed by atoms with Crippen molar-refractivity contribution in [3.05, 3.63) is 34.9 Å². The maximum absolute atomic E-state index is 11.7. The van der Waals surface area contributed by atoms with Crippen molar-refractivity contribution in [2.45, 2.75) is 20.3 Å². The van der Waals surface area contributed by atoms with Crippen LogP contribution in [-0.4, -0.2) is 52.3 Å². The highest BCUT2D eigenvalue weighted by atomic mass is 35.5. The van der Waals surface area contributed by atoms with Crippen molar-refractivity contribution in [1.82, 2.24) is 16.0 Å². The highest BCUT2D eigenvalue weighted by Gasteiger charge is 2.19. The number of hydrogen-bond donors (Lipinski definition) is 3. The first-order chi connectivity index (χ1) is 11.9. The molecule has 1 rings (SSSR count). The van der Waals surface area contributed by atoms with Gasteiger partial charge in [0.1, 0.15) is 0 Å². The standard InChI is InChI=1S/C18H29ClN4O2/c1-18(2,11-14-6-5-7-15(19)10-14)13-23-17(20-3)22-12-16(24)21-8-9-25-4/h5-7,10H,8-9,11-13H2,1-4H3,(H,21,24)(H2,20,22,23). The van der Waals surface area contributed by atoms with Gasteiger partial charge in [-0.1, -0.05) is 37.6 Å². The molecule has 0 saturated carbocycles. The quantitative estimate of drug-likeness (QED) is 0.353. The summed E-state index contributed by atoms with van der Waals surface area (Å²) in [5.74, 6) is 0.499. The second-order valence-electron chi connectivity index (χ2n) is 6.59. The third-order valence-corrected chi connectivity index (χ3v) is 3.81. The number of amides is 1. The molecule has 0 aliphatic heterocycles. The molecule has 1 aromatic rings. The van der Waals surface area contributed by atoms with E-state index in [1.807, 2.05) is 18.2 Å². The van der Waals surface area contributed by atoms with E-state index >= 15 is 0 Å². The van der Waals surface area contributed by atoms with Crippen LogP contribution >= 0.6 is 11.6 Å². The van der Waals surface area contributed by atoms with Crippen LogP contribution in [0.3, 0.4) is 0 Å². The van der Waals surface area contributed by atoms with E-state index < -0.39 is 0 Å². The molecule has 0 radical (unpaired) electrons. The predicted octanol–water partition coefficient (Wildman–Crippen LogP) is 1.84. The molecular weight excluding hydrogens is 340 g/mol. The number of carbonyl (C=O) groups is 1. The van der Waals surface area contributed by atoms with Crippen LogP contribution in [0.5, 0.6) is 0 Å². The van der Waals surface area contributed by atoms with Crippen molar-refractivity contribution in [2.24, 2.45) is 10.4 Å². The number of ether oxygens (including phenoxy) is 1. The van der Waals surface area contributed by atoms with Gasteiger partial charge in [-0.15, -0.1) is 0 Å². The number of rotatable bonds is 9. The van der Waals surface area contributed by atoms with Crippen LogP contribution in [0.1, 0.15) is 19.4 Å². The molecule has 0 aliphatic carbocycles. The molecule has 6 nitrogen and oxygen atoms in total. The minimum absolute atomic E-state index is 0.00300. The molecule has 0 saturated heterocycles. The first kappa shape index (κ1) is 21.3. The minimum atomic E-state index is -0.0989. The molecule has 0 aromatic heterocycles. The van der Waals surface area contributed by atoms with Crippen molar-refractivity contribution in [1.29, 1.82) is 0 Å². The smallest absolute Gasteiger partial charge is 0.239 e. The molecule has 25 heavy (non-hydrogen) atoms. The number of guanidine groups is 1. The van der Waals surface area contributed by atoms with Crippen molar-refractivity contribution in [2.75, 3.05) is 40.4 Å². The highest BCUT2D eigenvalue weighted by Crippen LogP contribution is 2.22. The van der Waals surface area contributed by atoms with Gasteiger partial charge in [0, 0.05) is 32.3 Å². The summed E-state index contributed by atoms with van der Waals surface area (Å²) < 4.78 is 4.89. The monoisotopic (exact) mass is 368 g/mol. The lowest BCUT2D eigenvalue weighted by Crippen LogP contribution is -2.46. The lowest BCUT2D eigenvalue weighted by molar-refractivity contribution is -0.120. The summed E-state index contributed by atoms with van der Waals surface area (Å²) in [5, 5.41) is 9.77. The Hall–Kier alpha value is -1.79. The first-order valence-corrected chi connectivity index (χ1v) is 8.69. The molecular formula is C18H29ClN4O2. The van der Waals surface area contributed by atoms with Crippen molar-refractivity contribution in [3.8, 4) is 0 Å². The van der Waals surface area contributed by atoms with Gasteiger partial charge in [-0.25, -0.2) is 0 Å². The van der Waals surface area contributed by atoms with Crippen LogP contribution in [0.2, 0.25) is 5.02 Å². The van der Waals surface area contributed by atoms with Gasteiger partial charge in [-0.3, -0.25) is 9.79 Å². The van der Waals surface area contributed by atoms with Crippen molar-refractivity contribution in [3.63, 3.8) is 0 Å². The molecule has 0 atom stereocenters. The van der Waals surface area contributed by atoms with Crippen molar-refractivity contribution < 1.29 is 9.53 Å². The van der Waals surface area contributed by atoms with E-state index in [1.54, 1.807) is 14.2 Å². The molecule has 0 bridgehead atoms. The Labute approximate surface area is 155 Å². The number of methoxy groups -OCH3 is 1. The number of benzene rings is 1. The van der Waals surface area contributed by atoms with Crippen LogP contribution < -0.4 is 16.0 Å². The summed E-state index contributed by atoms with van der Waals surface area (Å²) in [6.45, 7) is 6.21. The van der Waals surface area contributed by atoms with Crippen LogP contribution in [0.15, 0.2) is 29.3 Å². The summed E-state index contributed by atoms with van der Waals surface area (Å²) in [6, 6.07) is 7.90. The van der Waals surface area contributed by atoms with E-state index in [-0.39, 0.29) is 17.9 Å². The second kappa shape index (κ2) is 10.9. The maximum atomic E-state index is 11.7. The van der Waals surface area contributed by atoms with Crippen LogP contribution in [-0.2, 0) is 16.0 Å². The molecule has 0 spiro atoms. The van der Waals surface area contributed by atoms with E-state index in [0.717, 1.165) is 11.4 Å². The first-order valence-electron chi connectivity index (χ1n) is 8.31. The Morgan fingerprint density at radius 1 is 1.28 bits per heavy atom. The Morgan fingerprint density at radius 2 is 2.04 bits per heavy atom. The largest absolute Gasteiger partial charge is 0.383 e. The summed E-state index contributed by atoms with van der Waals surface area (Å²) in [5.41, 5.74) is 1.20. The number of aliphatic imine (C=N–C) groups is 1. The fraction of sp³-hybridized carbons (Fsp3) is 0.556. The van der Waals surface area contributed by atoms with Gasteiger partial charge in [0.25, 0.3) is 0 Å². The molecule has 7 heteroatoms. The van der Waals surface area contributed by atoms with Gasteiger partial charge in [-0.2, -0.15) is 0 Å². The van der Waals surface area contributed by atoms with Gasteiger partial charge < -0.3 is 20.7 Å². The Bertz CT molecular complexity index is 576. The average Bonchev–Trinajstić information content (AvgIpc) is 2.54. The van der Waals surface area contributed by atoms with Gasteiger partial charge in [0.2, 0.25) is 5.91 Å². The average molecular weight is 369 g/mol. The summed E-state index contributed by atoms with van der Waals surface area (Å²) in [7, 11) is 3.28. The fourth-order valence-electron chi connectivity index (χ4n) is 2.32.